The molecule has 1 aromatic carbocycles. The number of ether oxygens (including phenoxy) is 1. The van der Waals surface area contributed by atoms with Gasteiger partial charge in [0.1, 0.15) is 11.9 Å². The third kappa shape index (κ3) is 5.40. The molecule has 2 aromatic rings. The average molecular weight is 466 g/mol. The topological polar surface area (TPSA) is 126 Å². The van der Waals surface area contributed by atoms with Crippen molar-refractivity contribution in [2.45, 2.75) is 37.4 Å². The highest BCUT2D eigenvalue weighted by atomic mass is 32.2. The van der Waals surface area contributed by atoms with Crippen LogP contribution in [-0.2, 0) is 28.3 Å². The predicted octanol–water partition coefficient (Wildman–Crippen LogP) is 0.589. The summed E-state index contributed by atoms with van der Waals surface area (Å²) in [5.41, 5.74) is 0.881. The number of carbonyl (C=O) groups excluding carboxylic acids is 1. The highest BCUT2D eigenvalue weighted by Gasteiger charge is 2.30. The van der Waals surface area contributed by atoms with Gasteiger partial charge in [-0.3, -0.25) is 9.52 Å². The number of imidazole rings is 1. The number of anilines is 1. The van der Waals surface area contributed by atoms with Crippen LogP contribution in [-0.4, -0.2) is 72.8 Å². The third-order valence-corrected chi connectivity index (χ3v) is 6.80. The molecule has 0 fully saturated rings. The van der Waals surface area contributed by atoms with Gasteiger partial charge in [-0.25, -0.2) is 4.98 Å². The number of nitrogens with zero attached hydrogens (tertiary/aromatic N) is 3. The number of aromatic nitrogens is 2. The molecule has 0 spiro atoms. The Hall–Kier alpha value is -2.63. The van der Waals surface area contributed by atoms with E-state index in [0.29, 0.717) is 30.1 Å². The number of aliphatic hydroxyl groups excluding tert-OH is 1. The number of nitrogens with one attached hydrogen (secondary N) is 2. The standard InChI is InChI=1S/C21H31N5O5S/c1-14-10-26(15(2)12-27)21(28)8-16-7-17(5-6-18(16)31-19(14)9-22-3)24-32(29,30)20-11-25(4)13-23-20/h5-7,11,13-15,19,22,24,27H,8-10,12H2,1-4H3/t14-,15-,19-/m1/s1. The van der Waals surface area contributed by atoms with Crippen molar-refractivity contribution < 1.29 is 23.1 Å². The third-order valence-electron chi connectivity index (χ3n) is 5.53. The first-order valence-electron chi connectivity index (χ1n) is 10.5. The zero-order chi connectivity index (χ0) is 23.5. The highest BCUT2D eigenvalue weighted by molar-refractivity contribution is 7.92. The number of hydrogen-bond donors (Lipinski definition) is 3. The van der Waals surface area contributed by atoms with E-state index >= 15 is 0 Å². The van der Waals surface area contributed by atoms with Crippen LogP contribution in [0.3, 0.4) is 0 Å². The minimum atomic E-state index is -3.87. The molecule has 1 amide bonds. The quantitative estimate of drug-likeness (QED) is 0.546. The fourth-order valence-electron chi connectivity index (χ4n) is 3.67. The lowest BCUT2D eigenvalue weighted by atomic mass is 10.0. The Balaban J connectivity index is 1.96. The van der Waals surface area contributed by atoms with Crippen molar-refractivity contribution in [1.82, 2.24) is 19.8 Å². The van der Waals surface area contributed by atoms with Gasteiger partial charge in [0.15, 0.2) is 5.03 Å². The number of fused-ring (bicyclic) bond motifs is 1. The van der Waals surface area contributed by atoms with Crippen LogP contribution in [0.25, 0.3) is 0 Å². The molecule has 3 rings (SSSR count). The van der Waals surface area contributed by atoms with Gasteiger partial charge in [-0.1, -0.05) is 6.92 Å². The van der Waals surface area contributed by atoms with E-state index in [0.717, 1.165) is 0 Å². The molecular weight excluding hydrogens is 434 g/mol. The molecular formula is C21H31N5O5S. The molecule has 0 unspecified atom stereocenters. The van der Waals surface area contributed by atoms with E-state index in [4.69, 9.17) is 4.74 Å². The van der Waals surface area contributed by atoms with Crippen LogP contribution in [0.15, 0.2) is 35.7 Å². The Kier molecular flexibility index (Phi) is 7.42. The number of aryl methyl sites for hydroxylation is 1. The maximum absolute atomic E-state index is 13.1. The molecule has 0 saturated carbocycles. The second-order valence-corrected chi connectivity index (χ2v) is 9.88. The predicted molar refractivity (Wildman–Crippen MR) is 120 cm³/mol. The number of likely N-dealkylation sites (N-methyl/N-ethyl adjacent to an activating group) is 1. The van der Waals surface area contributed by atoms with Crippen LogP contribution in [0.5, 0.6) is 5.75 Å². The average Bonchev–Trinajstić information content (AvgIpc) is 3.20. The minimum absolute atomic E-state index is 0.00804. The van der Waals surface area contributed by atoms with Crippen molar-refractivity contribution in [2.24, 2.45) is 13.0 Å². The number of sulfonamides is 1. The second-order valence-electron chi connectivity index (χ2n) is 8.25. The van der Waals surface area contributed by atoms with Crippen LogP contribution >= 0.6 is 0 Å². The lowest BCUT2D eigenvalue weighted by Crippen LogP contribution is -2.47. The number of aliphatic hydroxyl groups is 1. The largest absolute Gasteiger partial charge is 0.488 e. The lowest BCUT2D eigenvalue weighted by Gasteiger charge is -2.32. The summed E-state index contributed by atoms with van der Waals surface area (Å²) < 4.78 is 35.6. The van der Waals surface area contributed by atoms with E-state index in [2.05, 4.69) is 15.0 Å². The Labute approximate surface area is 188 Å². The van der Waals surface area contributed by atoms with Crippen LogP contribution < -0.4 is 14.8 Å². The molecule has 3 N–H and O–H groups in total. The van der Waals surface area contributed by atoms with Crippen LogP contribution in [0, 0.1) is 5.92 Å². The van der Waals surface area contributed by atoms with E-state index in [1.165, 1.54) is 12.5 Å². The van der Waals surface area contributed by atoms with E-state index in [-0.39, 0.29) is 42.0 Å². The van der Waals surface area contributed by atoms with Crippen molar-refractivity contribution in [3.05, 3.63) is 36.3 Å². The Morgan fingerprint density at radius 3 is 2.75 bits per heavy atom. The summed E-state index contributed by atoms with van der Waals surface area (Å²) in [6, 6.07) is 4.56. The molecule has 1 aliphatic heterocycles. The first-order chi connectivity index (χ1) is 15.1. The smallest absolute Gasteiger partial charge is 0.280 e. The van der Waals surface area contributed by atoms with Gasteiger partial charge in [0.25, 0.3) is 10.0 Å². The fraction of sp³-hybridized carbons (Fsp3) is 0.524. The van der Waals surface area contributed by atoms with Crippen molar-refractivity contribution >= 4 is 21.6 Å². The molecule has 2 heterocycles. The van der Waals surface area contributed by atoms with Gasteiger partial charge in [-0.2, -0.15) is 8.42 Å². The molecule has 1 aromatic heterocycles. The van der Waals surface area contributed by atoms with Crippen LogP contribution in [0.2, 0.25) is 0 Å². The number of carbonyl (C=O) groups is 1. The summed E-state index contributed by atoms with van der Waals surface area (Å²) in [5.74, 6) is 0.386. The van der Waals surface area contributed by atoms with E-state index < -0.39 is 10.0 Å². The summed E-state index contributed by atoms with van der Waals surface area (Å²) in [7, 11) is -0.356. The molecule has 1 aliphatic rings. The summed E-state index contributed by atoms with van der Waals surface area (Å²) in [6.45, 7) is 4.68. The summed E-state index contributed by atoms with van der Waals surface area (Å²) in [6.07, 6.45) is 2.63. The van der Waals surface area contributed by atoms with Crippen molar-refractivity contribution in [1.29, 1.82) is 0 Å². The number of benzene rings is 1. The number of hydrogen-bond acceptors (Lipinski definition) is 7. The minimum Gasteiger partial charge on any atom is -0.488 e. The molecule has 32 heavy (non-hydrogen) atoms. The summed E-state index contributed by atoms with van der Waals surface area (Å²) >= 11 is 0. The molecule has 3 atom stereocenters. The number of rotatable bonds is 7. The molecule has 0 bridgehead atoms. The highest BCUT2D eigenvalue weighted by Crippen LogP contribution is 2.29. The second kappa shape index (κ2) is 9.88. The van der Waals surface area contributed by atoms with E-state index in [9.17, 15) is 18.3 Å². The van der Waals surface area contributed by atoms with E-state index in [1.54, 1.807) is 41.6 Å². The van der Waals surface area contributed by atoms with Crippen molar-refractivity contribution in [3.63, 3.8) is 0 Å². The van der Waals surface area contributed by atoms with Gasteiger partial charge in [0.2, 0.25) is 5.91 Å². The van der Waals surface area contributed by atoms with Crippen LogP contribution in [0.1, 0.15) is 19.4 Å². The maximum atomic E-state index is 13.1. The van der Waals surface area contributed by atoms with Gasteiger partial charge in [-0.05, 0) is 32.2 Å². The van der Waals surface area contributed by atoms with Crippen LogP contribution in [0.4, 0.5) is 5.69 Å². The van der Waals surface area contributed by atoms with Gasteiger partial charge >= 0.3 is 0 Å². The van der Waals surface area contributed by atoms with Gasteiger partial charge in [0.05, 0.1) is 25.4 Å². The van der Waals surface area contributed by atoms with Crippen molar-refractivity contribution in [3.8, 4) is 5.75 Å². The zero-order valence-electron chi connectivity index (χ0n) is 18.8. The first kappa shape index (κ1) is 24.0. The molecule has 11 heteroatoms. The monoisotopic (exact) mass is 465 g/mol. The summed E-state index contributed by atoms with van der Waals surface area (Å²) in [5, 5.41) is 12.7. The van der Waals surface area contributed by atoms with Gasteiger partial charge < -0.3 is 24.6 Å². The SMILES string of the molecule is CNC[C@H]1Oc2ccc(NS(=O)(=O)c3cn(C)cn3)cc2CC(=O)N([C@H](C)CO)C[C@H]1C. The molecule has 0 saturated heterocycles. The molecule has 10 nitrogen and oxygen atoms in total. The normalized spacial score (nSPS) is 20.5. The molecule has 176 valence electrons. The Morgan fingerprint density at radius 1 is 1.38 bits per heavy atom. The summed E-state index contributed by atoms with van der Waals surface area (Å²) in [4.78, 5) is 18.7. The zero-order valence-corrected chi connectivity index (χ0v) is 19.6. The maximum Gasteiger partial charge on any atom is 0.280 e. The molecule has 0 aliphatic carbocycles. The molecule has 0 radical (unpaired) electrons. The van der Waals surface area contributed by atoms with Gasteiger partial charge in [0, 0.05) is 43.5 Å². The van der Waals surface area contributed by atoms with E-state index in [1.807, 2.05) is 14.0 Å². The fourth-order valence-corrected chi connectivity index (χ4v) is 4.71. The first-order valence-corrected chi connectivity index (χ1v) is 12.0. The Morgan fingerprint density at radius 2 is 2.12 bits per heavy atom. The van der Waals surface area contributed by atoms with Crippen molar-refractivity contribution in [2.75, 3.05) is 31.5 Å². The Bertz CT molecular complexity index is 1050. The van der Waals surface area contributed by atoms with Gasteiger partial charge in [-0.15, -0.1) is 0 Å². The lowest BCUT2D eigenvalue weighted by molar-refractivity contribution is -0.134. The number of amides is 1.